The number of rotatable bonds is 6. The van der Waals surface area contributed by atoms with Gasteiger partial charge in [0, 0.05) is 44.4 Å². The lowest BCUT2D eigenvalue weighted by Gasteiger charge is -2.28. The highest BCUT2D eigenvalue weighted by atomic mass is 16.5. The lowest BCUT2D eigenvalue weighted by atomic mass is 10.3. The zero-order valence-electron chi connectivity index (χ0n) is 12.7. The summed E-state index contributed by atoms with van der Waals surface area (Å²) >= 11 is 0. The molecule has 1 aliphatic heterocycles. The van der Waals surface area contributed by atoms with Gasteiger partial charge >= 0.3 is 0 Å². The Morgan fingerprint density at radius 3 is 2.81 bits per heavy atom. The molecule has 7 nitrogen and oxygen atoms in total. The van der Waals surface area contributed by atoms with Crippen LogP contribution in [-0.4, -0.2) is 55.3 Å². The molecule has 1 aliphatic rings. The molecular formula is C14H23N5O2. The molecule has 0 aliphatic carbocycles. The van der Waals surface area contributed by atoms with Crippen LogP contribution in [-0.2, 0) is 9.53 Å². The summed E-state index contributed by atoms with van der Waals surface area (Å²) in [4.78, 5) is 22.2. The van der Waals surface area contributed by atoms with E-state index in [2.05, 4.69) is 25.5 Å². The molecule has 2 heterocycles. The van der Waals surface area contributed by atoms with Crippen molar-refractivity contribution >= 4 is 17.7 Å². The minimum Gasteiger partial charge on any atom is -0.378 e. The van der Waals surface area contributed by atoms with Crippen LogP contribution in [0.2, 0.25) is 0 Å². The summed E-state index contributed by atoms with van der Waals surface area (Å²) < 4.78 is 5.35. The first kappa shape index (κ1) is 15.5. The first-order valence-corrected chi connectivity index (χ1v) is 7.38. The van der Waals surface area contributed by atoms with Crippen LogP contribution in [0.5, 0.6) is 0 Å². The zero-order chi connectivity index (χ0) is 15.1. The van der Waals surface area contributed by atoms with Crippen molar-refractivity contribution in [3.8, 4) is 0 Å². The highest BCUT2D eigenvalue weighted by Gasteiger charge is 2.13. The fourth-order valence-corrected chi connectivity index (χ4v) is 2.09. The predicted molar refractivity (Wildman–Crippen MR) is 81.6 cm³/mol. The molecule has 21 heavy (non-hydrogen) atoms. The van der Waals surface area contributed by atoms with Gasteiger partial charge in [-0.3, -0.25) is 4.79 Å². The number of anilines is 2. The number of hydrogen-bond donors (Lipinski definition) is 2. The molecule has 0 saturated carbocycles. The SMILES string of the molecule is CCC(=O)NCCNc1nc(C)cc(N2CCOCC2)n1. The third kappa shape index (κ3) is 4.86. The number of nitrogens with one attached hydrogen (secondary N) is 2. The molecule has 116 valence electrons. The van der Waals surface area contributed by atoms with Crippen molar-refractivity contribution in [2.45, 2.75) is 20.3 Å². The summed E-state index contributed by atoms with van der Waals surface area (Å²) in [5, 5.41) is 5.96. The molecule has 2 rings (SSSR count). The van der Waals surface area contributed by atoms with Crippen LogP contribution in [0.25, 0.3) is 0 Å². The Morgan fingerprint density at radius 1 is 1.33 bits per heavy atom. The fourth-order valence-electron chi connectivity index (χ4n) is 2.09. The van der Waals surface area contributed by atoms with Gasteiger partial charge in [-0.2, -0.15) is 4.98 Å². The first-order chi connectivity index (χ1) is 10.2. The van der Waals surface area contributed by atoms with E-state index >= 15 is 0 Å². The largest absolute Gasteiger partial charge is 0.378 e. The van der Waals surface area contributed by atoms with Crippen LogP contribution in [0.1, 0.15) is 19.0 Å². The number of morpholine rings is 1. The Kier molecular flexibility index (Phi) is 5.74. The van der Waals surface area contributed by atoms with Gasteiger partial charge in [0.1, 0.15) is 5.82 Å². The van der Waals surface area contributed by atoms with Gasteiger partial charge in [-0.15, -0.1) is 0 Å². The van der Waals surface area contributed by atoms with Gasteiger partial charge in [-0.05, 0) is 6.92 Å². The molecule has 0 aromatic carbocycles. The molecule has 1 saturated heterocycles. The predicted octanol–water partition coefficient (Wildman–Crippen LogP) is 0.560. The molecule has 7 heteroatoms. The van der Waals surface area contributed by atoms with Crippen LogP contribution < -0.4 is 15.5 Å². The van der Waals surface area contributed by atoms with Crippen molar-refractivity contribution in [2.24, 2.45) is 0 Å². The van der Waals surface area contributed by atoms with Crippen LogP contribution in [0.15, 0.2) is 6.07 Å². The first-order valence-electron chi connectivity index (χ1n) is 7.38. The fraction of sp³-hybridized carbons (Fsp3) is 0.643. The number of carbonyl (C=O) groups is 1. The van der Waals surface area contributed by atoms with Crippen molar-refractivity contribution in [3.05, 3.63) is 11.8 Å². The van der Waals surface area contributed by atoms with Gasteiger partial charge in [0.25, 0.3) is 0 Å². The highest BCUT2D eigenvalue weighted by Crippen LogP contribution is 2.15. The number of nitrogens with zero attached hydrogens (tertiary/aromatic N) is 3. The zero-order valence-corrected chi connectivity index (χ0v) is 12.7. The summed E-state index contributed by atoms with van der Waals surface area (Å²) in [5.74, 6) is 1.57. The third-order valence-electron chi connectivity index (χ3n) is 3.23. The van der Waals surface area contributed by atoms with E-state index < -0.39 is 0 Å². The molecule has 1 amide bonds. The normalized spacial score (nSPS) is 14.9. The molecule has 0 spiro atoms. The minimum atomic E-state index is 0.0518. The number of aryl methyl sites for hydroxylation is 1. The Bertz CT molecular complexity index is 474. The summed E-state index contributed by atoms with van der Waals surface area (Å²) in [6.07, 6.45) is 0.502. The van der Waals surface area contributed by atoms with Crippen molar-refractivity contribution in [1.29, 1.82) is 0 Å². The van der Waals surface area contributed by atoms with Gasteiger partial charge in [0.05, 0.1) is 13.2 Å². The second kappa shape index (κ2) is 7.78. The van der Waals surface area contributed by atoms with Gasteiger partial charge < -0.3 is 20.3 Å². The summed E-state index contributed by atoms with van der Waals surface area (Å²) in [6.45, 7) is 8.12. The van der Waals surface area contributed by atoms with Crippen LogP contribution >= 0.6 is 0 Å². The minimum absolute atomic E-state index is 0.0518. The van der Waals surface area contributed by atoms with Crippen molar-refractivity contribution in [1.82, 2.24) is 15.3 Å². The molecule has 1 aromatic rings. The highest BCUT2D eigenvalue weighted by molar-refractivity contribution is 5.75. The smallest absolute Gasteiger partial charge is 0.224 e. The van der Waals surface area contributed by atoms with Crippen molar-refractivity contribution in [2.75, 3.05) is 49.6 Å². The molecule has 0 unspecified atom stereocenters. The van der Waals surface area contributed by atoms with Crippen molar-refractivity contribution < 1.29 is 9.53 Å². The topological polar surface area (TPSA) is 79.4 Å². The monoisotopic (exact) mass is 293 g/mol. The molecule has 1 aromatic heterocycles. The molecular weight excluding hydrogens is 270 g/mol. The number of amides is 1. The Hall–Kier alpha value is -1.89. The maximum Gasteiger partial charge on any atom is 0.224 e. The summed E-state index contributed by atoms with van der Waals surface area (Å²) in [6, 6.07) is 1.98. The van der Waals surface area contributed by atoms with E-state index in [0.29, 0.717) is 25.5 Å². The van der Waals surface area contributed by atoms with E-state index in [0.717, 1.165) is 37.8 Å². The maximum absolute atomic E-state index is 11.1. The van der Waals surface area contributed by atoms with E-state index in [-0.39, 0.29) is 5.91 Å². The van der Waals surface area contributed by atoms with Crippen LogP contribution in [0.3, 0.4) is 0 Å². The second-order valence-electron chi connectivity index (χ2n) is 4.92. The van der Waals surface area contributed by atoms with Gasteiger partial charge in [-0.25, -0.2) is 4.98 Å². The van der Waals surface area contributed by atoms with E-state index in [9.17, 15) is 4.79 Å². The van der Waals surface area contributed by atoms with E-state index in [4.69, 9.17) is 4.74 Å². The van der Waals surface area contributed by atoms with Gasteiger partial charge in [0.2, 0.25) is 11.9 Å². The van der Waals surface area contributed by atoms with Gasteiger partial charge in [-0.1, -0.05) is 6.92 Å². The van der Waals surface area contributed by atoms with Crippen LogP contribution in [0, 0.1) is 6.92 Å². The maximum atomic E-state index is 11.1. The quantitative estimate of drug-likeness (QED) is 0.746. The second-order valence-corrected chi connectivity index (χ2v) is 4.92. The van der Waals surface area contributed by atoms with E-state index in [1.54, 1.807) is 0 Å². The number of carbonyl (C=O) groups excluding carboxylic acids is 1. The Balaban J connectivity index is 1.90. The number of aromatic nitrogens is 2. The Morgan fingerprint density at radius 2 is 2.10 bits per heavy atom. The number of hydrogen-bond acceptors (Lipinski definition) is 6. The summed E-state index contributed by atoms with van der Waals surface area (Å²) in [5.41, 5.74) is 0.923. The average molecular weight is 293 g/mol. The summed E-state index contributed by atoms with van der Waals surface area (Å²) in [7, 11) is 0. The number of ether oxygens (including phenoxy) is 1. The molecule has 0 radical (unpaired) electrons. The van der Waals surface area contributed by atoms with Crippen molar-refractivity contribution in [3.63, 3.8) is 0 Å². The molecule has 2 N–H and O–H groups in total. The lowest BCUT2D eigenvalue weighted by molar-refractivity contribution is -0.120. The molecule has 0 atom stereocenters. The van der Waals surface area contributed by atoms with Crippen LogP contribution in [0.4, 0.5) is 11.8 Å². The standard InChI is InChI=1S/C14H23N5O2/c1-3-13(20)15-4-5-16-14-17-11(2)10-12(18-14)19-6-8-21-9-7-19/h10H,3-9H2,1-2H3,(H,15,20)(H,16,17,18). The lowest BCUT2D eigenvalue weighted by Crippen LogP contribution is -2.37. The molecule has 0 bridgehead atoms. The average Bonchev–Trinajstić information content (AvgIpc) is 2.51. The van der Waals surface area contributed by atoms with E-state index in [1.807, 2.05) is 19.9 Å². The Labute approximate surface area is 125 Å². The van der Waals surface area contributed by atoms with E-state index in [1.165, 1.54) is 0 Å². The molecule has 1 fully saturated rings. The third-order valence-corrected chi connectivity index (χ3v) is 3.23. The van der Waals surface area contributed by atoms with Gasteiger partial charge in [0.15, 0.2) is 0 Å².